The number of nitrogens with zero attached hydrogens (tertiary/aromatic N) is 2. The van der Waals surface area contributed by atoms with E-state index in [1.165, 1.54) is 6.92 Å². The van der Waals surface area contributed by atoms with Gasteiger partial charge >= 0.3 is 0 Å². The van der Waals surface area contributed by atoms with Crippen LogP contribution in [0.1, 0.15) is 47.4 Å². The molecule has 1 atom stereocenters. The first kappa shape index (κ1) is 17.1. The highest BCUT2D eigenvalue weighted by Gasteiger charge is 2.23. The molecule has 0 aromatic carbocycles. The number of amides is 2. The molecule has 21 heavy (non-hydrogen) atoms. The lowest BCUT2D eigenvalue weighted by molar-refractivity contribution is -0.126. The molecule has 2 amide bonds. The Morgan fingerprint density at radius 3 is 2.05 bits per heavy atom. The molecule has 6 nitrogen and oxygen atoms in total. The largest absolute Gasteiger partial charge is 0.344 e. The van der Waals surface area contributed by atoms with E-state index in [1.807, 2.05) is 34.6 Å². The molecule has 1 rings (SSSR count). The van der Waals surface area contributed by atoms with Crippen molar-refractivity contribution in [2.45, 2.75) is 53.0 Å². The quantitative estimate of drug-likeness (QED) is 0.887. The van der Waals surface area contributed by atoms with Crippen molar-refractivity contribution in [3.63, 3.8) is 0 Å². The van der Waals surface area contributed by atoms with Crippen molar-refractivity contribution in [3.05, 3.63) is 18.2 Å². The van der Waals surface area contributed by atoms with Crippen LogP contribution in [0.4, 0.5) is 5.69 Å². The van der Waals surface area contributed by atoms with Gasteiger partial charge in [0.1, 0.15) is 11.9 Å². The van der Waals surface area contributed by atoms with Crippen LogP contribution in [0.5, 0.6) is 0 Å². The van der Waals surface area contributed by atoms with Crippen LogP contribution in [0.25, 0.3) is 0 Å². The number of hydrogen-bond donors (Lipinski definition) is 2. The molecule has 0 aliphatic heterocycles. The number of nitrogens with one attached hydrogen (secondary N) is 2. The van der Waals surface area contributed by atoms with E-state index in [2.05, 4.69) is 20.6 Å². The highest BCUT2D eigenvalue weighted by Crippen LogP contribution is 2.18. The minimum absolute atomic E-state index is 0.0105. The topological polar surface area (TPSA) is 84.0 Å². The molecule has 0 aliphatic carbocycles. The summed E-state index contributed by atoms with van der Waals surface area (Å²) in [4.78, 5) is 31.9. The van der Waals surface area contributed by atoms with Gasteiger partial charge < -0.3 is 10.6 Å². The summed E-state index contributed by atoms with van der Waals surface area (Å²) in [7, 11) is 0. The molecule has 0 spiro atoms. The average molecular weight is 292 g/mol. The Kier molecular flexibility index (Phi) is 5.41. The molecule has 0 saturated heterocycles. The third-order valence-electron chi connectivity index (χ3n) is 2.90. The Balaban J connectivity index is 2.79. The van der Waals surface area contributed by atoms with E-state index < -0.39 is 6.04 Å². The molecule has 0 aliphatic rings. The van der Waals surface area contributed by atoms with Crippen LogP contribution in [0.15, 0.2) is 12.4 Å². The Hall–Kier alpha value is -1.98. The highest BCUT2D eigenvalue weighted by molar-refractivity contribution is 5.96. The van der Waals surface area contributed by atoms with Crippen LogP contribution in [-0.2, 0) is 15.0 Å². The third kappa shape index (κ3) is 5.13. The highest BCUT2D eigenvalue weighted by atomic mass is 16.2. The molecular formula is C15H24N4O2. The van der Waals surface area contributed by atoms with Crippen LogP contribution in [-0.4, -0.2) is 27.8 Å². The van der Waals surface area contributed by atoms with Gasteiger partial charge in [0.05, 0.1) is 18.1 Å². The maximum Gasteiger partial charge on any atom is 0.247 e. The van der Waals surface area contributed by atoms with E-state index >= 15 is 0 Å². The van der Waals surface area contributed by atoms with Crippen LogP contribution in [0.3, 0.4) is 0 Å². The standard InChI is InChI=1S/C15H24N4O2/c1-9(2)12(18-10(3)20)13(21)19-11-7-16-14(17-8-11)15(4,5)6/h7-9,12H,1-6H3,(H,18,20)(H,19,21). The van der Waals surface area contributed by atoms with Crippen LogP contribution in [0.2, 0.25) is 0 Å². The molecule has 1 aromatic rings. The smallest absolute Gasteiger partial charge is 0.247 e. The summed E-state index contributed by atoms with van der Waals surface area (Å²) in [6, 6.07) is -0.579. The van der Waals surface area contributed by atoms with E-state index in [9.17, 15) is 9.59 Å². The molecule has 0 bridgehead atoms. The predicted molar refractivity (Wildman–Crippen MR) is 81.8 cm³/mol. The second-order valence-electron chi connectivity index (χ2n) is 6.46. The minimum Gasteiger partial charge on any atom is -0.344 e. The summed E-state index contributed by atoms with van der Waals surface area (Å²) < 4.78 is 0. The molecule has 1 unspecified atom stereocenters. The SMILES string of the molecule is CC(=O)NC(C(=O)Nc1cnc(C(C)(C)C)nc1)C(C)C. The van der Waals surface area contributed by atoms with Gasteiger partial charge in [-0.25, -0.2) is 9.97 Å². The number of aromatic nitrogens is 2. The zero-order chi connectivity index (χ0) is 16.2. The number of rotatable bonds is 4. The van der Waals surface area contributed by atoms with E-state index in [4.69, 9.17) is 0 Å². The third-order valence-corrected chi connectivity index (χ3v) is 2.90. The van der Waals surface area contributed by atoms with Gasteiger partial charge in [0, 0.05) is 12.3 Å². The maximum atomic E-state index is 12.2. The molecule has 0 saturated carbocycles. The molecular weight excluding hydrogens is 268 g/mol. The van der Waals surface area contributed by atoms with Crippen LogP contribution in [0, 0.1) is 5.92 Å². The maximum absolute atomic E-state index is 12.2. The fourth-order valence-electron chi connectivity index (χ4n) is 1.75. The zero-order valence-electron chi connectivity index (χ0n) is 13.5. The normalized spacial score (nSPS) is 12.9. The summed E-state index contributed by atoms with van der Waals surface area (Å²) in [6.45, 7) is 11.2. The molecule has 1 aromatic heterocycles. The summed E-state index contributed by atoms with van der Waals surface area (Å²) in [5, 5.41) is 5.37. The summed E-state index contributed by atoms with van der Waals surface area (Å²) in [5.41, 5.74) is 0.378. The Bertz CT molecular complexity index is 503. The van der Waals surface area contributed by atoms with Gasteiger partial charge in [-0.1, -0.05) is 34.6 Å². The summed E-state index contributed by atoms with van der Waals surface area (Å²) in [6.07, 6.45) is 3.16. The van der Waals surface area contributed by atoms with Crippen LogP contribution < -0.4 is 10.6 Å². The Labute approximate surface area is 125 Å². The fourth-order valence-corrected chi connectivity index (χ4v) is 1.75. The van der Waals surface area contributed by atoms with Crippen molar-refractivity contribution in [3.8, 4) is 0 Å². The lowest BCUT2D eigenvalue weighted by Gasteiger charge is -2.21. The van der Waals surface area contributed by atoms with Gasteiger partial charge in [-0.15, -0.1) is 0 Å². The van der Waals surface area contributed by atoms with Crippen molar-refractivity contribution in [1.29, 1.82) is 0 Å². The van der Waals surface area contributed by atoms with Gasteiger partial charge in [-0.05, 0) is 5.92 Å². The second-order valence-corrected chi connectivity index (χ2v) is 6.46. The van der Waals surface area contributed by atoms with Gasteiger partial charge in [-0.2, -0.15) is 0 Å². The average Bonchev–Trinajstić information content (AvgIpc) is 2.34. The van der Waals surface area contributed by atoms with Crippen molar-refractivity contribution in [2.75, 3.05) is 5.32 Å². The van der Waals surface area contributed by atoms with E-state index in [-0.39, 0.29) is 23.1 Å². The van der Waals surface area contributed by atoms with E-state index in [0.717, 1.165) is 0 Å². The van der Waals surface area contributed by atoms with Crippen molar-refractivity contribution < 1.29 is 9.59 Å². The van der Waals surface area contributed by atoms with Crippen LogP contribution >= 0.6 is 0 Å². The van der Waals surface area contributed by atoms with E-state index in [1.54, 1.807) is 12.4 Å². The van der Waals surface area contributed by atoms with Crippen molar-refractivity contribution in [1.82, 2.24) is 15.3 Å². The van der Waals surface area contributed by atoms with Gasteiger partial charge in [0.15, 0.2) is 0 Å². The Morgan fingerprint density at radius 2 is 1.67 bits per heavy atom. The van der Waals surface area contributed by atoms with Crippen molar-refractivity contribution in [2.24, 2.45) is 5.92 Å². The molecule has 0 radical (unpaired) electrons. The van der Waals surface area contributed by atoms with Gasteiger partial charge in [0.25, 0.3) is 0 Å². The lowest BCUT2D eigenvalue weighted by Crippen LogP contribution is -2.46. The minimum atomic E-state index is -0.579. The molecule has 2 N–H and O–H groups in total. The monoisotopic (exact) mass is 292 g/mol. The molecule has 1 heterocycles. The Morgan fingerprint density at radius 1 is 1.14 bits per heavy atom. The first-order valence-corrected chi connectivity index (χ1v) is 7.01. The first-order chi connectivity index (χ1) is 9.61. The number of hydrogen-bond acceptors (Lipinski definition) is 4. The zero-order valence-corrected chi connectivity index (χ0v) is 13.5. The van der Waals surface area contributed by atoms with Crippen molar-refractivity contribution >= 4 is 17.5 Å². The summed E-state index contributed by atoms with van der Waals surface area (Å²) >= 11 is 0. The number of carbonyl (C=O) groups excluding carboxylic acids is 2. The van der Waals surface area contributed by atoms with E-state index in [0.29, 0.717) is 11.5 Å². The first-order valence-electron chi connectivity index (χ1n) is 7.01. The summed E-state index contributed by atoms with van der Waals surface area (Å²) in [5.74, 6) is 0.196. The lowest BCUT2D eigenvalue weighted by atomic mass is 9.96. The molecule has 0 fully saturated rings. The second kappa shape index (κ2) is 6.65. The predicted octanol–water partition coefficient (Wildman–Crippen LogP) is 1.87. The number of anilines is 1. The van der Waals surface area contributed by atoms with Gasteiger partial charge in [-0.3, -0.25) is 9.59 Å². The fraction of sp³-hybridized carbons (Fsp3) is 0.600. The molecule has 6 heteroatoms. The number of carbonyl (C=O) groups is 2. The van der Waals surface area contributed by atoms with Gasteiger partial charge in [0.2, 0.25) is 11.8 Å². The molecule has 116 valence electrons.